The molecule has 3 aromatic carbocycles. The second-order valence-corrected chi connectivity index (χ2v) is 9.82. The number of halogens is 2. The van der Waals surface area contributed by atoms with E-state index in [1.807, 2.05) is 53.4 Å². The SMILES string of the molecule is N#Cc1nc(-c2ccc(OCc3ccccc3Cl)cc2)oc1N1CCC(c2nc(-c3ccc(F)cc3)no2)CC1. The molecule has 0 atom stereocenters. The first-order valence-corrected chi connectivity index (χ1v) is 13.2. The Morgan fingerprint density at radius 1 is 0.975 bits per heavy atom. The van der Waals surface area contributed by atoms with E-state index in [1.54, 1.807) is 12.1 Å². The molecule has 2 aromatic heterocycles. The number of aromatic nitrogens is 3. The van der Waals surface area contributed by atoms with E-state index < -0.39 is 0 Å². The van der Waals surface area contributed by atoms with E-state index in [0.29, 0.717) is 59.5 Å². The molecule has 0 saturated carbocycles. The first-order valence-electron chi connectivity index (χ1n) is 12.8. The minimum Gasteiger partial charge on any atom is -0.489 e. The summed E-state index contributed by atoms with van der Waals surface area (Å²) >= 11 is 6.21. The van der Waals surface area contributed by atoms with E-state index >= 15 is 0 Å². The summed E-state index contributed by atoms with van der Waals surface area (Å²) in [6, 6.07) is 23.0. The van der Waals surface area contributed by atoms with Crippen molar-refractivity contribution in [2.24, 2.45) is 0 Å². The highest BCUT2D eigenvalue weighted by molar-refractivity contribution is 6.31. The van der Waals surface area contributed by atoms with Gasteiger partial charge in [-0.15, -0.1) is 0 Å². The van der Waals surface area contributed by atoms with Crippen molar-refractivity contribution in [3.8, 4) is 34.7 Å². The number of hydrogen-bond donors (Lipinski definition) is 0. The summed E-state index contributed by atoms with van der Waals surface area (Å²) in [5.74, 6) is 2.24. The Morgan fingerprint density at radius 3 is 2.42 bits per heavy atom. The Morgan fingerprint density at radius 2 is 1.70 bits per heavy atom. The van der Waals surface area contributed by atoms with Crippen LogP contribution >= 0.6 is 11.6 Å². The van der Waals surface area contributed by atoms with Gasteiger partial charge < -0.3 is 18.6 Å². The molecular weight excluding hydrogens is 533 g/mol. The van der Waals surface area contributed by atoms with Crippen molar-refractivity contribution in [3.05, 3.63) is 101 Å². The van der Waals surface area contributed by atoms with Gasteiger partial charge in [-0.3, -0.25) is 0 Å². The second-order valence-electron chi connectivity index (χ2n) is 9.41. The van der Waals surface area contributed by atoms with Crippen LogP contribution in [0, 0.1) is 17.1 Å². The molecule has 0 aliphatic carbocycles. The summed E-state index contributed by atoms with van der Waals surface area (Å²) < 4.78 is 30.7. The third-order valence-electron chi connectivity index (χ3n) is 6.84. The van der Waals surface area contributed by atoms with Crippen molar-refractivity contribution in [1.29, 1.82) is 5.26 Å². The number of nitrogens with zero attached hydrogens (tertiary/aromatic N) is 5. The van der Waals surface area contributed by atoms with Gasteiger partial charge in [-0.05, 0) is 67.4 Å². The fraction of sp³-hybridized carbons (Fsp3) is 0.200. The largest absolute Gasteiger partial charge is 0.489 e. The third kappa shape index (κ3) is 5.40. The van der Waals surface area contributed by atoms with Crippen LogP contribution in [-0.2, 0) is 6.61 Å². The van der Waals surface area contributed by atoms with Crippen LogP contribution in [0.2, 0.25) is 5.02 Å². The Balaban J connectivity index is 1.10. The number of oxazole rings is 1. The van der Waals surface area contributed by atoms with E-state index in [9.17, 15) is 9.65 Å². The quantitative estimate of drug-likeness (QED) is 0.211. The van der Waals surface area contributed by atoms with E-state index in [2.05, 4.69) is 21.2 Å². The number of hydrogen-bond acceptors (Lipinski definition) is 8. The normalized spacial score (nSPS) is 13.8. The van der Waals surface area contributed by atoms with Crippen molar-refractivity contribution in [3.63, 3.8) is 0 Å². The number of ether oxygens (including phenoxy) is 1. The molecule has 3 heterocycles. The molecule has 1 aliphatic rings. The summed E-state index contributed by atoms with van der Waals surface area (Å²) in [7, 11) is 0. The lowest BCUT2D eigenvalue weighted by atomic mass is 9.97. The number of benzene rings is 3. The van der Waals surface area contributed by atoms with E-state index in [-0.39, 0.29) is 17.4 Å². The van der Waals surface area contributed by atoms with Gasteiger partial charge in [0.1, 0.15) is 24.2 Å². The molecule has 0 amide bonds. The van der Waals surface area contributed by atoms with Crippen LogP contribution in [0.4, 0.5) is 10.3 Å². The van der Waals surface area contributed by atoms with Gasteiger partial charge in [0.15, 0.2) is 0 Å². The van der Waals surface area contributed by atoms with Crippen LogP contribution in [-0.4, -0.2) is 28.2 Å². The molecule has 1 aliphatic heterocycles. The highest BCUT2D eigenvalue weighted by atomic mass is 35.5. The average molecular weight is 556 g/mol. The van der Waals surface area contributed by atoms with Gasteiger partial charge >= 0.3 is 0 Å². The Kier molecular flexibility index (Phi) is 7.17. The van der Waals surface area contributed by atoms with Gasteiger partial charge in [0, 0.05) is 40.7 Å². The van der Waals surface area contributed by atoms with Crippen LogP contribution in [0.5, 0.6) is 5.75 Å². The zero-order valence-corrected chi connectivity index (χ0v) is 22.0. The summed E-state index contributed by atoms with van der Waals surface area (Å²) in [4.78, 5) is 11.0. The number of nitriles is 1. The Bertz CT molecular complexity index is 1650. The van der Waals surface area contributed by atoms with Crippen LogP contribution < -0.4 is 9.64 Å². The number of rotatable bonds is 7. The first-order chi connectivity index (χ1) is 19.6. The van der Waals surface area contributed by atoms with Crippen molar-refractivity contribution in [1.82, 2.24) is 15.1 Å². The molecule has 0 spiro atoms. The predicted molar refractivity (Wildman–Crippen MR) is 146 cm³/mol. The molecule has 10 heteroatoms. The maximum atomic E-state index is 13.2. The predicted octanol–water partition coefficient (Wildman–Crippen LogP) is 7.02. The van der Waals surface area contributed by atoms with Gasteiger partial charge in [0.2, 0.25) is 29.2 Å². The zero-order chi connectivity index (χ0) is 27.5. The molecular formula is C30H23ClFN5O3. The van der Waals surface area contributed by atoms with Gasteiger partial charge in [-0.1, -0.05) is 35.0 Å². The molecule has 40 heavy (non-hydrogen) atoms. The molecule has 200 valence electrons. The van der Waals surface area contributed by atoms with Crippen LogP contribution in [0.25, 0.3) is 22.8 Å². The smallest absolute Gasteiger partial charge is 0.235 e. The molecule has 6 rings (SSSR count). The van der Waals surface area contributed by atoms with Crippen LogP contribution in [0.1, 0.15) is 35.9 Å². The monoisotopic (exact) mass is 555 g/mol. The first kappa shape index (κ1) is 25.6. The Labute approximate surface area is 234 Å². The Hall–Kier alpha value is -4.68. The van der Waals surface area contributed by atoms with Crippen molar-refractivity contribution in [2.75, 3.05) is 18.0 Å². The van der Waals surface area contributed by atoms with Gasteiger partial charge in [0.05, 0.1) is 0 Å². The molecule has 1 saturated heterocycles. The summed E-state index contributed by atoms with van der Waals surface area (Å²) in [5, 5.41) is 14.4. The highest BCUT2D eigenvalue weighted by Gasteiger charge is 2.29. The van der Waals surface area contributed by atoms with E-state index in [1.165, 1.54) is 12.1 Å². The van der Waals surface area contributed by atoms with E-state index in [4.69, 9.17) is 25.3 Å². The average Bonchev–Trinajstić information content (AvgIpc) is 3.66. The molecule has 1 fully saturated rings. The molecule has 0 radical (unpaired) electrons. The van der Waals surface area contributed by atoms with Gasteiger partial charge in [-0.25, -0.2) is 4.39 Å². The second kappa shape index (κ2) is 11.2. The lowest BCUT2D eigenvalue weighted by molar-refractivity contribution is 0.306. The topological polar surface area (TPSA) is 101 Å². The minimum atomic E-state index is -0.317. The fourth-order valence-corrected chi connectivity index (χ4v) is 4.83. The lowest BCUT2D eigenvalue weighted by Crippen LogP contribution is -2.33. The van der Waals surface area contributed by atoms with Crippen molar-refractivity contribution >= 4 is 17.5 Å². The maximum Gasteiger partial charge on any atom is 0.235 e. The van der Waals surface area contributed by atoms with Gasteiger partial charge in [-0.2, -0.15) is 15.2 Å². The number of anilines is 1. The summed E-state index contributed by atoms with van der Waals surface area (Å²) in [5.41, 5.74) is 2.58. The molecule has 0 bridgehead atoms. The van der Waals surface area contributed by atoms with Gasteiger partial charge in [0.25, 0.3) is 0 Å². The maximum absolute atomic E-state index is 13.2. The van der Waals surface area contributed by atoms with Crippen molar-refractivity contribution < 1.29 is 18.1 Å². The third-order valence-corrected chi connectivity index (χ3v) is 7.21. The number of piperidine rings is 1. The highest BCUT2D eigenvalue weighted by Crippen LogP contribution is 2.35. The fourth-order valence-electron chi connectivity index (χ4n) is 4.64. The molecule has 0 N–H and O–H groups in total. The molecule has 5 aromatic rings. The molecule has 0 unspecified atom stereocenters. The zero-order valence-electron chi connectivity index (χ0n) is 21.3. The van der Waals surface area contributed by atoms with Crippen LogP contribution in [0.15, 0.2) is 81.7 Å². The standard InChI is InChI=1S/C30H23ClFN5O3/c31-25-4-2-1-3-22(25)18-38-24-11-7-20(8-12-24)28-34-26(17-33)30(39-28)37-15-13-21(14-16-37)29-35-27(36-40-29)19-5-9-23(32)10-6-19/h1-12,21H,13-16,18H2. The minimum absolute atomic E-state index is 0.0733. The summed E-state index contributed by atoms with van der Waals surface area (Å²) in [6.45, 7) is 1.63. The summed E-state index contributed by atoms with van der Waals surface area (Å²) in [6.07, 6.45) is 1.48. The van der Waals surface area contributed by atoms with Crippen molar-refractivity contribution in [2.45, 2.75) is 25.4 Å². The lowest BCUT2D eigenvalue weighted by Gasteiger charge is -2.29. The molecule has 8 nitrogen and oxygen atoms in total. The van der Waals surface area contributed by atoms with E-state index in [0.717, 1.165) is 24.0 Å². The van der Waals surface area contributed by atoms with Crippen LogP contribution in [0.3, 0.4) is 0 Å².